The van der Waals surface area contributed by atoms with Crippen LogP contribution in [0.3, 0.4) is 0 Å². The maximum absolute atomic E-state index is 13.7. The highest BCUT2D eigenvalue weighted by Gasteiger charge is 2.26. The molecule has 2 aromatic rings. The minimum atomic E-state index is -0.561. The Hall–Kier alpha value is -2.96. The lowest BCUT2D eigenvalue weighted by Crippen LogP contribution is -2.51. The summed E-state index contributed by atoms with van der Waals surface area (Å²) in [5.41, 5.74) is 0.0233. The van der Waals surface area contributed by atoms with Crippen molar-refractivity contribution in [3.63, 3.8) is 0 Å². The lowest BCUT2D eigenvalue weighted by molar-refractivity contribution is -0.134. The van der Waals surface area contributed by atoms with E-state index in [1.165, 1.54) is 41.3 Å². The van der Waals surface area contributed by atoms with Crippen molar-refractivity contribution >= 4 is 11.8 Å². The summed E-state index contributed by atoms with van der Waals surface area (Å²) in [6.45, 7) is 0.971. The van der Waals surface area contributed by atoms with Gasteiger partial charge in [-0.1, -0.05) is 24.3 Å². The smallest absolute Gasteiger partial charge is 0.260 e. The van der Waals surface area contributed by atoms with Crippen LogP contribution in [-0.4, -0.2) is 54.4 Å². The number of ether oxygens (including phenoxy) is 1. The van der Waals surface area contributed by atoms with E-state index < -0.39 is 17.5 Å². The summed E-state index contributed by atoms with van der Waals surface area (Å²) in [5, 5.41) is 0. The number of nitrogens with zero attached hydrogens (tertiary/aromatic N) is 2. The van der Waals surface area contributed by atoms with E-state index in [0.717, 1.165) is 0 Å². The molecule has 7 heteroatoms. The van der Waals surface area contributed by atoms with E-state index in [4.69, 9.17) is 4.74 Å². The van der Waals surface area contributed by atoms with Gasteiger partial charge in [0.15, 0.2) is 18.2 Å². The molecule has 1 saturated heterocycles. The molecule has 0 bridgehead atoms. The number of hydrogen-bond acceptors (Lipinski definition) is 3. The lowest BCUT2D eigenvalue weighted by atomic mass is 10.1. The van der Waals surface area contributed by atoms with E-state index in [2.05, 4.69) is 0 Å². The number of carbonyl (C=O) groups is 2. The number of hydrogen-bond donors (Lipinski definition) is 0. The van der Waals surface area contributed by atoms with Crippen molar-refractivity contribution in [3.05, 3.63) is 65.7 Å². The Morgan fingerprint density at radius 1 is 0.846 bits per heavy atom. The number of halogens is 2. The van der Waals surface area contributed by atoms with Gasteiger partial charge in [0.05, 0.1) is 5.56 Å². The third kappa shape index (κ3) is 3.99. The molecular formula is C19H18F2N2O3. The van der Waals surface area contributed by atoms with Crippen molar-refractivity contribution in [2.45, 2.75) is 0 Å². The van der Waals surface area contributed by atoms with Gasteiger partial charge in [-0.15, -0.1) is 0 Å². The monoisotopic (exact) mass is 360 g/mol. The molecule has 1 aliphatic heterocycles. The topological polar surface area (TPSA) is 49.9 Å². The molecule has 0 N–H and O–H groups in total. The van der Waals surface area contributed by atoms with Gasteiger partial charge in [0.25, 0.3) is 11.8 Å². The van der Waals surface area contributed by atoms with E-state index in [1.807, 2.05) is 0 Å². The second-order valence-electron chi connectivity index (χ2n) is 5.87. The molecule has 3 rings (SSSR count). The van der Waals surface area contributed by atoms with Gasteiger partial charge in [-0.05, 0) is 24.3 Å². The van der Waals surface area contributed by atoms with Gasteiger partial charge in [0.2, 0.25) is 0 Å². The summed E-state index contributed by atoms with van der Waals surface area (Å²) in [6, 6.07) is 11.7. The Morgan fingerprint density at radius 2 is 1.42 bits per heavy atom. The maximum Gasteiger partial charge on any atom is 0.260 e. The largest absolute Gasteiger partial charge is 0.481 e. The quantitative estimate of drug-likeness (QED) is 0.841. The Bertz CT molecular complexity index is 805. The highest BCUT2D eigenvalue weighted by atomic mass is 19.1. The van der Waals surface area contributed by atoms with Crippen molar-refractivity contribution in [2.75, 3.05) is 32.8 Å². The Labute approximate surface area is 149 Å². The molecule has 0 aromatic heterocycles. The molecule has 26 heavy (non-hydrogen) atoms. The van der Waals surface area contributed by atoms with Crippen LogP contribution in [0, 0.1) is 11.6 Å². The molecule has 1 aliphatic rings. The zero-order chi connectivity index (χ0) is 18.5. The molecule has 2 amide bonds. The van der Waals surface area contributed by atoms with Gasteiger partial charge in [-0.25, -0.2) is 8.78 Å². The standard InChI is InChI=1S/C19H18F2N2O3/c20-15-6-2-1-5-14(15)19(25)23-11-9-22(10-12-23)18(24)13-26-17-8-4-3-7-16(17)21/h1-8H,9-13H2. The SMILES string of the molecule is O=C(COc1ccccc1F)N1CCN(C(=O)c2ccccc2F)CC1. The number of rotatable bonds is 4. The van der Waals surface area contributed by atoms with Crippen molar-refractivity contribution < 1.29 is 23.1 Å². The predicted molar refractivity (Wildman–Crippen MR) is 90.8 cm³/mol. The second kappa shape index (κ2) is 7.95. The molecule has 0 atom stereocenters. The Morgan fingerprint density at radius 3 is 2.08 bits per heavy atom. The molecule has 0 spiro atoms. The summed E-state index contributed by atoms with van der Waals surface area (Å²) >= 11 is 0. The molecule has 5 nitrogen and oxygen atoms in total. The van der Waals surface area contributed by atoms with E-state index in [0.29, 0.717) is 26.2 Å². The van der Waals surface area contributed by atoms with Crippen LogP contribution in [-0.2, 0) is 4.79 Å². The third-order valence-corrected chi connectivity index (χ3v) is 4.21. The molecule has 0 aliphatic carbocycles. The van der Waals surface area contributed by atoms with Gasteiger partial charge in [0.1, 0.15) is 5.82 Å². The average Bonchev–Trinajstić information content (AvgIpc) is 2.67. The van der Waals surface area contributed by atoms with Crippen LogP contribution in [0.15, 0.2) is 48.5 Å². The van der Waals surface area contributed by atoms with E-state index in [-0.39, 0.29) is 23.8 Å². The molecule has 1 fully saturated rings. The van der Waals surface area contributed by atoms with Crippen molar-refractivity contribution in [1.82, 2.24) is 9.80 Å². The molecule has 0 unspecified atom stereocenters. The first-order chi connectivity index (χ1) is 12.6. The summed E-state index contributed by atoms with van der Waals surface area (Å²) < 4.78 is 32.4. The van der Waals surface area contributed by atoms with E-state index in [9.17, 15) is 18.4 Å². The Kier molecular flexibility index (Phi) is 5.46. The van der Waals surface area contributed by atoms with Gasteiger partial charge in [0, 0.05) is 26.2 Å². The number of para-hydroxylation sites is 1. The van der Waals surface area contributed by atoms with Crippen LogP contribution < -0.4 is 4.74 Å². The number of carbonyl (C=O) groups excluding carboxylic acids is 2. The van der Waals surface area contributed by atoms with Crippen LogP contribution >= 0.6 is 0 Å². The van der Waals surface area contributed by atoms with Crippen molar-refractivity contribution in [2.24, 2.45) is 0 Å². The number of benzene rings is 2. The van der Waals surface area contributed by atoms with E-state index >= 15 is 0 Å². The van der Waals surface area contributed by atoms with Crippen LogP contribution in [0.25, 0.3) is 0 Å². The summed E-state index contributed by atoms with van der Waals surface area (Å²) in [5.74, 6) is -1.74. The average molecular weight is 360 g/mol. The predicted octanol–water partition coefficient (Wildman–Crippen LogP) is 2.33. The van der Waals surface area contributed by atoms with Crippen molar-refractivity contribution in [1.29, 1.82) is 0 Å². The minimum Gasteiger partial charge on any atom is -0.481 e. The second-order valence-corrected chi connectivity index (χ2v) is 5.87. The first-order valence-corrected chi connectivity index (χ1v) is 8.25. The fourth-order valence-electron chi connectivity index (χ4n) is 2.76. The fourth-order valence-corrected chi connectivity index (χ4v) is 2.76. The number of piperazine rings is 1. The molecule has 0 saturated carbocycles. The van der Waals surface area contributed by atoms with Gasteiger partial charge >= 0.3 is 0 Å². The molecule has 136 valence electrons. The van der Waals surface area contributed by atoms with E-state index in [1.54, 1.807) is 17.0 Å². The molecule has 0 radical (unpaired) electrons. The highest BCUT2D eigenvalue weighted by Crippen LogP contribution is 2.16. The van der Waals surface area contributed by atoms with Crippen LogP contribution in [0.1, 0.15) is 10.4 Å². The maximum atomic E-state index is 13.7. The first kappa shape index (κ1) is 17.8. The summed E-state index contributed by atoms with van der Waals surface area (Å²) in [6.07, 6.45) is 0. The summed E-state index contributed by atoms with van der Waals surface area (Å²) in [4.78, 5) is 27.6. The molecule has 2 aromatic carbocycles. The fraction of sp³-hybridized carbons (Fsp3) is 0.263. The third-order valence-electron chi connectivity index (χ3n) is 4.21. The molecule has 1 heterocycles. The minimum absolute atomic E-state index is 0.0224. The molecular weight excluding hydrogens is 342 g/mol. The normalized spacial score (nSPS) is 14.2. The lowest BCUT2D eigenvalue weighted by Gasteiger charge is -2.34. The summed E-state index contributed by atoms with van der Waals surface area (Å²) in [7, 11) is 0. The van der Waals surface area contributed by atoms with Crippen molar-refractivity contribution in [3.8, 4) is 5.75 Å². The van der Waals surface area contributed by atoms with Gasteiger partial charge < -0.3 is 14.5 Å². The van der Waals surface area contributed by atoms with Gasteiger partial charge in [-0.3, -0.25) is 9.59 Å². The zero-order valence-electron chi connectivity index (χ0n) is 14.0. The van der Waals surface area contributed by atoms with Crippen LogP contribution in [0.2, 0.25) is 0 Å². The zero-order valence-corrected chi connectivity index (χ0v) is 14.0. The van der Waals surface area contributed by atoms with Gasteiger partial charge in [-0.2, -0.15) is 0 Å². The highest BCUT2D eigenvalue weighted by molar-refractivity contribution is 5.94. The van der Waals surface area contributed by atoms with Crippen LogP contribution in [0.5, 0.6) is 5.75 Å². The number of amides is 2. The Balaban J connectivity index is 1.52. The first-order valence-electron chi connectivity index (χ1n) is 8.25. The van der Waals surface area contributed by atoms with Crippen LogP contribution in [0.4, 0.5) is 8.78 Å².